The molecule has 0 aliphatic heterocycles. The van der Waals surface area contributed by atoms with Gasteiger partial charge in [-0.05, 0) is 53.4 Å². The fraction of sp³-hybridized carbons (Fsp3) is 0.737. The van der Waals surface area contributed by atoms with Crippen LogP contribution in [0.4, 0.5) is 0 Å². The summed E-state index contributed by atoms with van der Waals surface area (Å²) in [4.78, 5) is 29.7. The number of carboxylic acids is 1. The summed E-state index contributed by atoms with van der Waals surface area (Å²) < 4.78 is 37.1. The first-order valence-electron chi connectivity index (χ1n) is 10.1. The highest BCUT2D eigenvalue weighted by Crippen LogP contribution is 2.60. The largest absolute Gasteiger partial charge is 0.550 e. The quantitative estimate of drug-likeness (QED) is 0.130. The van der Waals surface area contributed by atoms with Gasteiger partial charge in [0.05, 0.1) is 24.9 Å². The van der Waals surface area contributed by atoms with E-state index in [2.05, 4.69) is 13.4 Å². The maximum atomic E-state index is 11.8. The molecule has 0 saturated heterocycles. The van der Waals surface area contributed by atoms with Crippen molar-refractivity contribution in [2.45, 2.75) is 77.9 Å². The number of allylic oxidation sites excluding steroid dienone is 3. The predicted molar refractivity (Wildman–Crippen MR) is 115 cm³/mol. The van der Waals surface area contributed by atoms with E-state index in [1.807, 2.05) is 26.8 Å². The van der Waals surface area contributed by atoms with Crippen molar-refractivity contribution >= 4 is 21.6 Å². The normalized spacial score (nSPS) is 18.8. The van der Waals surface area contributed by atoms with E-state index in [1.54, 1.807) is 6.08 Å². The van der Waals surface area contributed by atoms with Crippen LogP contribution >= 0.6 is 15.6 Å². The minimum absolute atomic E-state index is 0.00724. The highest BCUT2D eigenvalue weighted by Gasteiger charge is 2.35. The third kappa shape index (κ3) is 17.7. The standard InChI is InChI=1S/C19H36O11P2/c1-15(2)7-5-8-16(3)10-12-29-32(26,27)30-31(24,25)28-11-6-9-17(20)13-19(4,23)14-18(21)22/h7,10,17,20,23H,5-6,8-9,11-14H2,1-4H3,(H,21,22)(H,24,25)(H,26,27)/p-1/b16-10+. The molecule has 0 rings (SSSR count). The molecule has 0 heterocycles. The van der Waals surface area contributed by atoms with E-state index in [1.165, 1.54) is 12.5 Å². The first-order valence-corrected chi connectivity index (χ1v) is 13.1. The monoisotopic (exact) mass is 501 g/mol. The maximum absolute atomic E-state index is 11.8. The van der Waals surface area contributed by atoms with Gasteiger partial charge in [0.2, 0.25) is 0 Å². The van der Waals surface area contributed by atoms with Gasteiger partial charge >= 0.3 is 15.6 Å². The number of phosphoric ester groups is 2. The van der Waals surface area contributed by atoms with E-state index in [0.717, 1.165) is 18.4 Å². The molecule has 0 aliphatic carbocycles. The number of aliphatic hydroxyl groups excluding tert-OH is 1. The van der Waals surface area contributed by atoms with Crippen LogP contribution in [0.15, 0.2) is 23.3 Å². The van der Waals surface area contributed by atoms with E-state index in [9.17, 15) is 39.0 Å². The molecule has 0 amide bonds. The molecule has 0 radical (unpaired) electrons. The molecule has 4 unspecified atom stereocenters. The van der Waals surface area contributed by atoms with Crippen LogP contribution in [0.1, 0.15) is 66.2 Å². The lowest BCUT2D eigenvalue weighted by atomic mass is 9.93. The Morgan fingerprint density at radius 2 is 1.72 bits per heavy atom. The predicted octanol–water partition coefficient (Wildman–Crippen LogP) is 2.35. The van der Waals surface area contributed by atoms with Crippen LogP contribution in [0.5, 0.6) is 0 Å². The second-order valence-electron chi connectivity index (χ2n) is 8.06. The van der Waals surface area contributed by atoms with E-state index < -0.39 is 46.3 Å². The SMILES string of the molecule is CC(C)=CCC/C(C)=C/COP(=O)(O)OP(=O)(O)OCCCC(O)CC(C)(O)CC(=O)[O-]. The van der Waals surface area contributed by atoms with Gasteiger partial charge < -0.3 is 29.9 Å². The van der Waals surface area contributed by atoms with Gasteiger partial charge in [-0.25, -0.2) is 9.13 Å². The zero-order chi connectivity index (χ0) is 25.0. The lowest BCUT2D eigenvalue weighted by molar-refractivity contribution is -0.309. The topological polar surface area (TPSA) is 183 Å². The Kier molecular flexibility index (Phi) is 14.0. The zero-order valence-corrected chi connectivity index (χ0v) is 20.7. The molecule has 0 fully saturated rings. The first kappa shape index (κ1) is 31.1. The smallest absolute Gasteiger partial charge is 0.481 e. The summed E-state index contributed by atoms with van der Waals surface area (Å²) >= 11 is 0. The Morgan fingerprint density at radius 3 is 2.28 bits per heavy atom. The Balaban J connectivity index is 4.35. The van der Waals surface area contributed by atoms with Crippen molar-refractivity contribution in [3.05, 3.63) is 23.3 Å². The third-order valence-corrected chi connectivity index (χ3v) is 6.74. The summed E-state index contributed by atoms with van der Waals surface area (Å²) in [5.74, 6) is -1.46. The van der Waals surface area contributed by atoms with Crippen LogP contribution in [-0.4, -0.2) is 50.9 Å². The second-order valence-corrected chi connectivity index (χ2v) is 11.1. The number of carbonyl (C=O) groups is 1. The summed E-state index contributed by atoms with van der Waals surface area (Å²) in [5, 5.41) is 30.2. The van der Waals surface area contributed by atoms with Gasteiger partial charge in [0.25, 0.3) is 0 Å². The van der Waals surface area contributed by atoms with Gasteiger partial charge in [0.15, 0.2) is 0 Å². The molecule has 0 aromatic rings. The van der Waals surface area contributed by atoms with Gasteiger partial charge in [-0.2, -0.15) is 4.31 Å². The number of hydrogen-bond acceptors (Lipinski definition) is 9. The average molecular weight is 501 g/mol. The Labute approximate surface area is 189 Å². The Hall–Kier alpha value is -0.870. The number of carbonyl (C=O) groups excluding carboxylic acids is 1. The Bertz CT molecular complexity index is 742. The number of rotatable bonds is 17. The van der Waals surface area contributed by atoms with Gasteiger partial charge in [0.1, 0.15) is 0 Å². The van der Waals surface area contributed by atoms with E-state index in [0.29, 0.717) is 0 Å². The molecule has 4 atom stereocenters. The van der Waals surface area contributed by atoms with Gasteiger partial charge in [-0.15, -0.1) is 0 Å². The van der Waals surface area contributed by atoms with Crippen molar-refractivity contribution in [2.75, 3.05) is 13.2 Å². The fourth-order valence-corrected chi connectivity index (χ4v) is 4.68. The van der Waals surface area contributed by atoms with Crippen molar-refractivity contribution in [3.8, 4) is 0 Å². The van der Waals surface area contributed by atoms with Gasteiger partial charge in [-0.3, -0.25) is 9.05 Å². The first-order chi connectivity index (χ1) is 14.5. The van der Waals surface area contributed by atoms with Crippen LogP contribution in [0, 0.1) is 0 Å². The third-order valence-electron chi connectivity index (χ3n) is 4.10. The summed E-state index contributed by atoms with van der Waals surface area (Å²) in [6, 6.07) is 0. The number of aliphatic hydroxyl groups is 2. The minimum atomic E-state index is -4.91. The molecule has 0 aliphatic rings. The van der Waals surface area contributed by atoms with Gasteiger partial charge in [0, 0.05) is 18.8 Å². The van der Waals surface area contributed by atoms with Crippen LogP contribution in [0.25, 0.3) is 0 Å². The fourth-order valence-electron chi connectivity index (χ4n) is 2.63. The minimum Gasteiger partial charge on any atom is -0.550 e. The molecule has 32 heavy (non-hydrogen) atoms. The number of hydrogen-bond donors (Lipinski definition) is 4. The van der Waals surface area contributed by atoms with E-state index in [4.69, 9.17) is 0 Å². The molecular weight excluding hydrogens is 466 g/mol. The molecule has 0 bridgehead atoms. The molecule has 0 spiro atoms. The summed E-state index contributed by atoms with van der Waals surface area (Å²) in [6.07, 6.45) is 3.16. The zero-order valence-electron chi connectivity index (χ0n) is 18.9. The van der Waals surface area contributed by atoms with Crippen molar-refractivity contribution in [2.24, 2.45) is 0 Å². The number of aliphatic carboxylic acids is 1. The molecular formula is C19H35O11P2-. The van der Waals surface area contributed by atoms with Crippen LogP contribution in [-0.2, 0) is 27.3 Å². The van der Waals surface area contributed by atoms with Crippen molar-refractivity contribution in [1.82, 2.24) is 0 Å². The lowest BCUT2D eigenvalue weighted by Gasteiger charge is -2.26. The average Bonchev–Trinajstić information content (AvgIpc) is 2.55. The molecule has 0 saturated carbocycles. The number of carboxylic acid groups (broad SMARTS) is 1. The van der Waals surface area contributed by atoms with E-state index >= 15 is 0 Å². The Morgan fingerprint density at radius 1 is 1.12 bits per heavy atom. The van der Waals surface area contributed by atoms with Crippen LogP contribution in [0.2, 0.25) is 0 Å². The van der Waals surface area contributed by atoms with Crippen molar-refractivity contribution in [1.29, 1.82) is 0 Å². The highest BCUT2D eigenvalue weighted by molar-refractivity contribution is 7.61. The van der Waals surface area contributed by atoms with Crippen molar-refractivity contribution < 1.29 is 52.4 Å². The molecule has 11 nitrogen and oxygen atoms in total. The summed E-state index contributed by atoms with van der Waals surface area (Å²) in [5.41, 5.74) is 0.412. The summed E-state index contributed by atoms with van der Waals surface area (Å²) in [7, 11) is -9.77. The highest BCUT2D eigenvalue weighted by atomic mass is 31.3. The molecule has 4 N–H and O–H groups in total. The number of phosphoric acid groups is 2. The maximum Gasteiger partial charge on any atom is 0.481 e. The molecule has 188 valence electrons. The van der Waals surface area contributed by atoms with Crippen molar-refractivity contribution in [3.63, 3.8) is 0 Å². The summed E-state index contributed by atoms with van der Waals surface area (Å²) in [6.45, 7) is 6.30. The van der Waals surface area contributed by atoms with E-state index in [-0.39, 0.29) is 25.9 Å². The molecule has 13 heteroatoms. The molecule has 0 aromatic carbocycles. The second kappa shape index (κ2) is 14.4. The lowest BCUT2D eigenvalue weighted by Crippen LogP contribution is -2.37. The molecule has 0 aromatic heterocycles. The van der Waals surface area contributed by atoms with Gasteiger partial charge in [-0.1, -0.05) is 23.3 Å². The van der Waals surface area contributed by atoms with Crippen LogP contribution in [0.3, 0.4) is 0 Å². The van der Waals surface area contributed by atoms with Crippen LogP contribution < -0.4 is 5.11 Å².